The van der Waals surface area contributed by atoms with Gasteiger partial charge < -0.3 is 14.3 Å². The standard InChI is InChI=1S/C12H17BrN2O5/c1-12(2,3)19-11(17)15-5-6-7(9(13)14-20-6)8(15)10(16)18-4/h6-8H,5H2,1-4H3/t6-,7-,8-/m1/s1. The normalized spacial score (nSPS) is 28.6. The highest BCUT2D eigenvalue weighted by molar-refractivity contribution is 9.18. The van der Waals surface area contributed by atoms with E-state index >= 15 is 0 Å². The first-order valence-electron chi connectivity index (χ1n) is 6.21. The van der Waals surface area contributed by atoms with Crippen LogP contribution in [0.15, 0.2) is 5.16 Å². The monoisotopic (exact) mass is 348 g/mol. The molecule has 1 amide bonds. The Morgan fingerprint density at radius 1 is 1.45 bits per heavy atom. The third-order valence-corrected chi connectivity index (χ3v) is 3.75. The molecule has 1 saturated heterocycles. The Morgan fingerprint density at radius 3 is 2.65 bits per heavy atom. The molecular formula is C12H17BrN2O5. The van der Waals surface area contributed by atoms with E-state index in [0.29, 0.717) is 4.62 Å². The molecule has 2 aliphatic rings. The van der Waals surface area contributed by atoms with Gasteiger partial charge in [0.25, 0.3) is 0 Å². The first-order chi connectivity index (χ1) is 9.24. The maximum atomic E-state index is 12.2. The number of oxime groups is 1. The fraction of sp³-hybridized carbons (Fsp3) is 0.750. The molecule has 20 heavy (non-hydrogen) atoms. The molecular weight excluding hydrogens is 332 g/mol. The summed E-state index contributed by atoms with van der Waals surface area (Å²) in [6, 6.07) is -0.791. The van der Waals surface area contributed by atoms with Crippen LogP contribution >= 0.6 is 15.9 Å². The van der Waals surface area contributed by atoms with Crippen LogP contribution in [0.5, 0.6) is 0 Å². The molecule has 0 aromatic rings. The van der Waals surface area contributed by atoms with Gasteiger partial charge in [-0.1, -0.05) is 5.16 Å². The van der Waals surface area contributed by atoms with E-state index < -0.39 is 23.7 Å². The van der Waals surface area contributed by atoms with Gasteiger partial charge in [-0.25, -0.2) is 9.59 Å². The van der Waals surface area contributed by atoms with Crippen LogP contribution in [0.25, 0.3) is 0 Å². The molecule has 0 N–H and O–H groups in total. The van der Waals surface area contributed by atoms with E-state index in [4.69, 9.17) is 14.3 Å². The van der Waals surface area contributed by atoms with E-state index in [9.17, 15) is 9.59 Å². The number of esters is 1. The highest BCUT2D eigenvalue weighted by Crippen LogP contribution is 2.36. The molecule has 1 fully saturated rings. The number of rotatable bonds is 1. The van der Waals surface area contributed by atoms with E-state index in [0.717, 1.165) is 0 Å². The van der Waals surface area contributed by atoms with Gasteiger partial charge in [-0.15, -0.1) is 0 Å². The van der Waals surface area contributed by atoms with E-state index in [2.05, 4.69) is 21.1 Å². The lowest BCUT2D eigenvalue weighted by Gasteiger charge is -2.28. The van der Waals surface area contributed by atoms with Gasteiger partial charge in [-0.3, -0.25) is 4.90 Å². The summed E-state index contributed by atoms with van der Waals surface area (Å²) in [4.78, 5) is 30.7. The van der Waals surface area contributed by atoms with Crippen molar-refractivity contribution in [2.45, 2.75) is 38.5 Å². The summed E-state index contributed by atoms with van der Waals surface area (Å²) in [7, 11) is 1.28. The summed E-state index contributed by atoms with van der Waals surface area (Å²) in [5.74, 6) is -0.865. The number of nitrogens with zero attached hydrogens (tertiary/aromatic N) is 2. The second-order valence-electron chi connectivity index (χ2n) is 5.68. The Kier molecular flexibility index (Phi) is 3.95. The summed E-state index contributed by atoms with van der Waals surface area (Å²) in [6.45, 7) is 5.53. The summed E-state index contributed by atoms with van der Waals surface area (Å²) >= 11 is 3.26. The van der Waals surface area contributed by atoms with Crippen molar-refractivity contribution in [2.75, 3.05) is 13.7 Å². The van der Waals surface area contributed by atoms with E-state index in [1.54, 1.807) is 20.8 Å². The highest BCUT2D eigenvalue weighted by Gasteiger charge is 2.55. The molecule has 2 aliphatic heterocycles. The van der Waals surface area contributed by atoms with Crippen molar-refractivity contribution in [1.82, 2.24) is 4.90 Å². The summed E-state index contributed by atoms with van der Waals surface area (Å²) in [6.07, 6.45) is -0.924. The fourth-order valence-electron chi connectivity index (χ4n) is 2.28. The number of halogens is 1. The lowest BCUT2D eigenvalue weighted by molar-refractivity contribution is -0.146. The molecule has 0 radical (unpaired) electrons. The lowest BCUT2D eigenvalue weighted by atomic mass is 10.0. The number of fused-ring (bicyclic) bond motifs is 1. The van der Waals surface area contributed by atoms with Gasteiger partial charge in [0.2, 0.25) is 0 Å². The Bertz CT molecular complexity index is 459. The summed E-state index contributed by atoms with van der Waals surface area (Å²) in [5.41, 5.74) is -0.637. The number of hydrogen-bond acceptors (Lipinski definition) is 6. The lowest BCUT2D eigenvalue weighted by Crippen LogP contribution is -2.46. The molecule has 2 heterocycles. The second kappa shape index (κ2) is 5.23. The van der Waals surface area contributed by atoms with E-state index in [1.165, 1.54) is 12.0 Å². The summed E-state index contributed by atoms with van der Waals surface area (Å²) in [5, 5.41) is 3.80. The SMILES string of the molecule is COC(=O)[C@H]1[C@@H]2C(Br)=NO[C@@H]2CN1C(=O)OC(C)(C)C. The molecule has 0 aromatic heterocycles. The number of methoxy groups -OCH3 is 1. The van der Waals surface area contributed by atoms with Crippen LogP contribution in [-0.4, -0.2) is 53.0 Å². The molecule has 0 spiro atoms. The predicted octanol–water partition coefficient (Wildman–Crippen LogP) is 1.50. The van der Waals surface area contributed by atoms with Crippen molar-refractivity contribution in [3.8, 4) is 0 Å². The molecule has 2 rings (SSSR count). The zero-order valence-corrected chi connectivity index (χ0v) is 13.3. The van der Waals surface area contributed by atoms with Gasteiger partial charge in [0.05, 0.1) is 19.6 Å². The number of likely N-dealkylation sites (tertiary alicyclic amines) is 1. The maximum Gasteiger partial charge on any atom is 0.411 e. The highest BCUT2D eigenvalue weighted by atomic mass is 79.9. The van der Waals surface area contributed by atoms with Crippen LogP contribution < -0.4 is 0 Å². The number of hydrogen-bond donors (Lipinski definition) is 0. The average Bonchev–Trinajstić information content (AvgIpc) is 2.86. The molecule has 0 unspecified atom stereocenters. The third kappa shape index (κ3) is 2.74. The van der Waals surface area contributed by atoms with Gasteiger partial charge in [0, 0.05) is 0 Å². The van der Waals surface area contributed by atoms with E-state index in [-0.39, 0.29) is 18.6 Å². The topological polar surface area (TPSA) is 77.4 Å². The van der Waals surface area contributed by atoms with Gasteiger partial charge >= 0.3 is 12.1 Å². The zero-order chi connectivity index (χ0) is 15.1. The van der Waals surface area contributed by atoms with Crippen LogP contribution in [-0.2, 0) is 19.1 Å². The first kappa shape index (κ1) is 15.1. The van der Waals surface area contributed by atoms with Crippen molar-refractivity contribution in [3.63, 3.8) is 0 Å². The molecule has 0 aromatic carbocycles. The molecule has 0 aliphatic carbocycles. The van der Waals surface area contributed by atoms with Crippen molar-refractivity contribution in [1.29, 1.82) is 0 Å². The van der Waals surface area contributed by atoms with Crippen LogP contribution in [0.1, 0.15) is 20.8 Å². The Balaban J connectivity index is 2.22. The van der Waals surface area contributed by atoms with Gasteiger partial charge in [0.15, 0.2) is 6.10 Å². The number of ether oxygens (including phenoxy) is 2. The van der Waals surface area contributed by atoms with Gasteiger partial charge in [0.1, 0.15) is 16.3 Å². The van der Waals surface area contributed by atoms with Crippen molar-refractivity contribution in [2.24, 2.45) is 11.1 Å². The van der Waals surface area contributed by atoms with Crippen molar-refractivity contribution >= 4 is 32.6 Å². The molecule has 0 bridgehead atoms. The minimum Gasteiger partial charge on any atom is -0.467 e. The van der Waals surface area contributed by atoms with Crippen LogP contribution in [0, 0.1) is 5.92 Å². The van der Waals surface area contributed by atoms with Gasteiger partial charge in [-0.05, 0) is 36.7 Å². The smallest absolute Gasteiger partial charge is 0.411 e. The summed E-state index contributed by atoms with van der Waals surface area (Å²) < 4.78 is 10.6. The van der Waals surface area contributed by atoms with Crippen LogP contribution in [0.2, 0.25) is 0 Å². The largest absolute Gasteiger partial charge is 0.467 e. The zero-order valence-electron chi connectivity index (χ0n) is 11.8. The molecule has 112 valence electrons. The Labute approximate surface area is 125 Å². The minimum atomic E-state index is -0.791. The quantitative estimate of drug-likeness (QED) is 0.671. The van der Waals surface area contributed by atoms with Gasteiger partial charge in [-0.2, -0.15) is 0 Å². The van der Waals surface area contributed by atoms with Crippen LogP contribution in [0.3, 0.4) is 0 Å². The first-order valence-corrected chi connectivity index (χ1v) is 7.00. The fourth-order valence-corrected chi connectivity index (χ4v) is 2.91. The number of amides is 1. The molecule has 7 nitrogen and oxygen atoms in total. The van der Waals surface area contributed by atoms with Crippen molar-refractivity contribution in [3.05, 3.63) is 0 Å². The maximum absolute atomic E-state index is 12.2. The Hall–Kier alpha value is -1.31. The third-order valence-electron chi connectivity index (χ3n) is 3.07. The number of carbonyl (C=O) groups excluding carboxylic acids is 2. The predicted molar refractivity (Wildman–Crippen MR) is 73.5 cm³/mol. The minimum absolute atomic E-state index is 0.234. The second-order valence-corrected chi connectivity index (χ2v) is 6.50. The molecule has 0 saturated carbocycles. The molecule has 8 heteroatoms. The average molecular weight is 349 g/mol. The van der Waals surface area contributed by atoms with E-state index in [1.807, 2.05) is 0 Å². The van der Waals surface area contributed by atoms with Crippen LogP contribution in [0.4, 0.5) is 4.79 Å². The number of carbonyl (C=O) groups is 2. The Morgan fingerprint density at radius 2 is 2.10 bits per heavy atom. The molecule has 3 atom stereocenters. The van der Waals surface area contributed by atoms with Crippen molar-refractivity contribution < 1.29 is 23.9 Å².